The first kappa shape index (κ1) is 15.7. The fourth-order valence-corrected chi connectivity index (χ4v) is 2.20. The van der Waals surface area contributed by atoms with Crippen LogP contribution in [0.1, 0.15) is 15.9 Å². The molecule has 0 fully saturated rings. The van der Waals surface area contributed by atoms with Crippen LogP contribution in [0.5, 0.6) is 0 Å². The molecule has 2 aromatic carbocycles. The minimum Gasteiger partial charge on any atom is -0.322 e. The summed E-state index contributed by atoms with van der Waals surface area (Å²) < 4.78 is 13.8. The molecular formula is C16H16BrFN2O. The Labute approximate surface area is 131 Å². The Bertz CT molecular complexity index is 658. The van der Waals surface area contributed by atoms with E-state index in [1.165, 1.54) is 12.1 Å². The molecule has 21 heavy (non-hydrogen) atoms. The Morgan fingerprint density at radius 2 is 1.95 bits per heavy atom. The highest BCUT2D eigenvalue weighted by molar-refractivity contribution is 9.10. The summed E-state index contributed by atoms with van der Waals surface area (Å²) >= 11 is 3.07. The average molecular weight is 351 g/mol. The minimum absolute atomic E-state index is 0.287. The third kappa shape index (κ3) is 4.12. The Hall–Kier alpha value is -1.72. The molecule has 2 aromatic rings. The molecule has 0 heterocycles. The standard InChI is InChI=1S/C16H16BrFN2O/c1-20(2)10-12-5-3-4-6-15(12)19-16(21)11-7-8-13(17)14(18)9-11/h3-9H,10H2,1-2H3,(H,19,21). The highest BCUT2D eigenvalue weighted by atomic mass is 79.9. The molecule has 0 saturated heterocycles. The van der Waals surface area contributed by atoms with E-state index >= 15 is 0 Å². The van der Waals surface area contributed by atoms with E-state index in [1.54, 1.807) is 6.07 Å². The molecule has 0 aliphatic heterocycles. The van der Waals surface area contributed by atoms with Gasteiger partial charge in [-0.3, -0.25) is 4.79 Å². The first-order valence-electron chi connectivity index (χ1n) is 6.46. The van der Waals surface area contributed by atoms with Gasteiger partial charge in [-0.05, 0) is 59.9 Å². The fraction of sp³-hybridized carbons (Fsp3) is 0.188. The molecule has 1 N–H and O–H groups in total. The van der Waals surface area contributed by atoms with Crippen molar-refractivity contribution in [2.45, 2.75) is 6.54 Å². The van der Waals surface area contributed by atoms with Crippen molar-refractivity contribution in [3.63, 3.8) is 0 Å². The lowest BCUT2D eigenvalue weighted by Gasteiger charge is -2.15. The van der Waals surface area contributed by atoms with E-state index in [2.05, 4.69) is 21.2 Å². The van der Waals surface area contributed by atoms with Gasteiger partial charge in [0.05, 0.1) is 4.47 Å². The van der Waals surface area contributed by atoms with Crippen molar-refractivity contribution >= 4 is 27.5 Å². The predicted octanol–water partition coefficient (Wildman–Crippen LogP) is 3.90. The van der Waals surface area contributed by atoms with Crippen LogP contribution < -0.4 is 5.32 Å². The minimum atomic E-state index is -0.454. The number of nitrogens with one attached hydrogen (secondary N) is 1. The predicted molar refractivity (Wildman–Crippen MR) is 85.9 cm³/mol. The summed E-state index contributed by atoms with van der Waals surface area (Å²) in [7, 11) is 3.92. The van der Waals surface area contributed by atoms with E-state index in [0.717, 1.165) is 11.3 Å². The van der Waals surface area contributed by atoms with E-state index in [-0.39, 0.29) is 11.5 Å². The van der Waals surface area contributed by atoms with E-state index in [1.807, 2.05) is 43.3 Å². The van der Waals surface area contributed by atoms with Crippen LogP contribution in [-0.2, 0) is 6.54 Å². The topological polar surface area (TPSA) is 32.3 Å². The molecule has 3 nitrogen and oxygen atoms in total. The van der Waals surface area contributed by atoms with Crippen molar-refractivity contribution in [1.29, 1.82) is 0 Å². The third-order valence-electron chi connectivity index (χ3n) is 2.93. The number of para-hydroxylation sites is 1. The van der Waals surface area contributed by atoms with Gasteiger partial charge in [0.25, 0.3) is 5.91 Å². The van der Waals surface area contributed by atoms with Gasteiger partial charge in [0.2, 0.25) is 0 Å². The van der Waals surface area contributed by atoms with E-state index in [4.69, 9.17) is 0 Å². The Balaban J connectivity index is 2.21. The second-order valence-electron chi connectivity index (χ2n) is 4.98. The lowest BCUT2D eigenvalue weighted by Crippen LogP contribution is -2.16. The van der Waals surface area contributed by atoms with Crippen LogP contribution in [0.25, 0.3) is 0 Å². The molecule has 5 heteroatoms. The molecule has 1 amide bonds. The molecule has 0 saturated carbocycles. The van der Waals surface area contributed by atoms with Gasteiger partial charge in [-0.1, -0.05) is 18.2 Å². The largest absolute Gasteiger partial charge is 0.322 e. The number of hydrogen-bond acceptors (Lipinski definition) is 2. The summed E-state index contributed by atoms with van der Waals surface area (Å²) in [5.41, 5.74) is 2.03. The second kappa shape index (κ2) is 6.83. The summed E-state index contributed by atoms with van der Waals surface area (Å²) in [6, 6.07) is 11.9. The van der Waals surface area contributed by atoms with Crippen LogP contribution >= 0.6 is 15.9 Å². The number of benzene rings is 2. The molecule has 0 radical (unpaired) electrons. The number of rotatable bonds is 4. The Morgan fingerprint density at radius 1 is 1.24 bits per heavy atom. The van der Waals surface area contributed by atoms with Gasteiger partial charge in [0.15, 0.2) is 0 Å². The summed E-state index contributed by atoms with van der Waals surface area (Å²) in [5, 5.41) is 2.83. The van der Waals surface area contributed by atoms with Gasteiger partial charge in [0, 0.05) is 17.8 Å². The molecule has 0 atom stereocenters. The fourth-order valence-electron chi connectivity index (χ4n) is 1.95. The molecule has 110 valence electrons. The van der Waals surface area contributed by atoms with Crippen LogP contribution in [-0.4, -0.2) is 24.9 Å². The van der Waals surface area contributed by atoms with Crippen LogP contribution in [0.3, 0.4) is 0 Å². The monoisotopic (exact) mass is 350 g/mol. The number of anilines is 1. The van der Waals surface area contributed by atoms with E-state index in [9.17, 15) is 9.18 Å². The molecule has 0 aliphatic carbocycles. The van der Waals surface area contributed by atoms with Crippen LogP contribution in [0.4, 0.5) is 10.1 Å². The molecule has 0 bridgehead atoms. The lowest BCUT2D eigenvalue weighted by molar-refractivity contribution is 0.102. The Kier molecular flexibility index (Phi) is 5.09. The van der Waals surface area contributed by atoms with E-state index < -0.39 is 5.82 Å². The normalized spacial score (nSPS) is 10.7. The highest BCUT2D eigenvalue weighted by Crippen LogP contribution is 2.20. The smallest absolute Gasteiger partial charge is 0.255 e. The quantitative estimate of drug-likeness (QED) is 0.906. The van der Waals surface area contributed by atoms with Crippen molar-refractivity contribution in [2.24, 2.45) is 0 Å². The van der Waals surface area contributed by atoms with E-state index in [0.29, 0.717) is 11.0 Å². The first-order chi connectivity index (χ1) is 9.97. The summed E-state index contributed by atoms with van der Waals surface area (Å²) in [5.74, 6) is -0.781. The SMILES string of the molecule is CN(C)Cc1ccccc1NC(=O)c1ccc(Br)c(F)c1. The summed E-state index contributed by atoms with van der Waals surface area (Å²) in [6.45, 7) is 0.713. The first-order valence-corrected chi connectivity index (χ1v) is 7.25. The van der Waals surface area contributed by atoms with Crippen LogP contribution in [0, 0.1) is 5.82 Å². The highest BCUT2D eigenvalue weighted by Gasteiger charge is 2.11. The van der Waals surface area contributed by atoms with Crippen LogP contribution in [0.2, 0.25) is 0 Å². The number of halogens is 2. The number of hydrogen-bond donors (Lipinski definition) is 1. The van der Waals surface area contributed by atoms with Gasteiger partial charge in [-0.25, -0.2) is 4.39 Å². The molecule has 0 unspecified atom stereocenters. The molecule has 0 aromatic heterocycles. The average Bonchev–Trinajstić information content (AvgIpc) is 2.43. The van der Waals surface area contributed by atoms with Crippen molar-refractivity contribution in [3.8, 4) is 0 Å². The zero-order valence-corrected chi connectivity index (χ0v) is 13.4. The molecule has 0 aliphatic rings. The number of carbonyl (C=O) groups is 1. The number of carbonyl (C=O) groups excluding carboxylic acids is 1. The maximum atomic E-state index is 13.5. The van der Waals surface area contributed by atoms with Crippen LogP contribution in [0.15, 0.2) is 46.9 Å². The second-order valence-corrected chi connectivity index (χ2v) is 5.83. The maximum Gasteiger partial charge on any atom is 0.255 e. The number of amides is 1. The molecule has 2 rings (SSSR count). The Morgan fingerprint density at radius 3 is 2.62 bits per heavy atom. The van der Waals surface area contributed by atoms with Gasteiger partial charge >= 0.3 is 0 Å². The van der Waals surface area contributed by atoms with Gasteiger partial charge in [-0.15, -0.1) is 0 Å². The number of nitrogens with zero attached hydrogens (tertiary/aromatic N) is 1. The van der Waals surface area contributed by atoms with Gasteiger partial charge < -0.3 is 10.2 Å². The van der Waals surface area contributed by atoms with Gasteiger partial charge in [-0.2, -0.15) is 0 Å². The summed E-state index contributed by atoms with van der Waals surface area (Å²) in [6.07, 6.45) is 0. The zero-order chi connectivity index (χ0) is 15.4. The molecular weight excluding hydrogens is 335 g/mol. The zero-order valence-electron chi connectivity index (χ0n) is 11.9. The van der Waals surface area contributed by atoms with Crippen molar-refractivity contribution in [2.75, 3.05) is 19.4 Å². The summed E-state index contributed by atoms with van der Waals surface area (Å²) in [4.78, 5) is 14.2. The molecule has 0 spiro atoms. The van der Waals surface area contributed by atoms with Crippen molar-refractivity contribution < 1.29 is 9.18 Å². The lowest BCUT2D eigenvalue weighted by atomic mass is 10.1. The van der Waals surface area contributed by atoms with Crippen molar-refractivity contribution in [1.82, 2.24) is 4.90 Å². The maximum absolute atomic E-state index is 13.5. The van der Waals surface area contributed by atoms with Crippen molar-refractivity contribution in [3.05, 3.63) is 63.9 Å². The van der Waals surface area contributed by atoms with Gasteiger partial charge in [0.1, 0.15) is 5.82 Å². The third-order valence-corrected chi connectivity index (χ3v) is 3.58.